The van der Waals surface area contributed by atoms with Crippen LogP contribution in [0.5, 0.6) is 0 Å². The van der Waals surface area contributed by atoms with Crippen LogP contribution in [0.4, 0.5) is 5.82 Å². The largest absolute Gasteiger partial charge is 0.369 e. The van der Waals surface area contributed by atoms with Crippen LogP contribution in [0.25, 0.3) is 0 Å². The van der Waals surface area contributed by atoms with Crippen LogP contribution in [0.15, 0.2) is 0 Å². The predicted octanol–water partition coefficient (Wildman–Crippen LogP) is 3.73. The lowest BCUT2D eigenvalue weighted by molar-refractivity contribution is 0.950. The van der Waals surface area contributed by atoms with Crippen molar-refractivity contribution in [2.45, 2.75) is 40.5 Å². The first kappa shape index (κ1) is 15.2. The second-order valence-corrected chi connectivity index (χ2v) is 6.31. The number of hydrogen-bond donors (Lipinski definition) is 1. The minimum absolute atomic E-state index is 0.548. The van der Waals surface area contributed by atoms with Gasteiger partial charge in [0.15, 0.2) is 0 Å². The Kier molecular flexibility index (Phi) is 4.94. The number of rotatable bonds is 5. The lowest BCUT2D eigenvalue weighted by Gasteiger charge is -2.11. The predicted molar refractivity (Wildman–Crippen MR) is 84.9 cm³/mol. The molecular weight excluding hydrogens is 292 g/mol. The van der Waals surface area contributed by atoms with E-state index >= 15 is 0 Å². The molecule has 0 fully saturated rings. The molecule has 0 aromatic carbocycles. The summed E-state index contributed by atoms with van der Waals surface area (Å²) >= 11 is 7.92. The highest BCUT2D eigenvalue weighted by Gasteiger charge is 2.10. The van der Waals surface area contributed by atoms with Crippen molar-refractivity contribution in [2.75, 3.05) is 11.9 Å². The summed E-state index contributed by atoms with van der Waals surface area (Å²) in [6.45, 7) is 8.83. The van der Waals surface area contributed by atoms with Crippen LogP contribution in [0.2, 0.25) is 5.15 Å². The number of anilines is 1. The molecule has 0 saturated carbocycles. The van der Waals surface area contributed by atoms with Gasteiger partial charge in [0.25, 0.3) is 0 Å². The fourth-order valence-corrected chi connectivity index (χ4v) is 3.40. The van der Waals surface area contributed by atoms with E-state index in [4.69, 9.17) is 11.6 Å². The summed E-state index contributed by atoms with van der Waals surface area (Å²) in [5.41, 5.74) is 2.11. The molecule has 0 saturated heterocycles. The zero-order valence-corrected chi connectivity index (χ0v) is 13.8. The van der Waals surface area contributed by atoms with Gasteiger partial charge < -0.3 is 5.32 Å². The van der Waals surface area contributed by atoms with Crippen molar-refractivity contribution in [3.8, 4) is 0 Å². The summed E-state index contributed by atoms with van der Waals surface area (Å²) in [5.74, 6) is 1.54. The number of hydrogen-bond acceptors (Lipinski definition) is 5. The van der Waals surface area contributed by atoms with Crippen molar-refractivity contribution in [3.63, 3.8) is 0 Å². The highest BCUT2D eigenvalue weighted by molar-refractivity contribution is 7.11. The summed E-state index contributed by atoms with van der Waals surface area (Å²) < 4.78 is 0. The molecule has 0 radical (unpaired) electrons. The van der Waals surface area contributed by atoms with E-state index in [-0.39, 0.29) is 0 Å². The maximum Gasteiger partial charge on any atom is 0.138 e. The van der Waals surface area contributed by atoms with Gasteiger partial charge in [0, 0.05) is 23.4 Å². The zero-order chi connectivity index (χ0) is 14.7. The molecule has 20 heavy (non-hydrogen) atoms. The van der Waals surface area contributed by atoms with Crippen LogP contribution >= 0.6 is 22.9 Å². The maximum absolute atomic E-state index is 6.16. The molecule has 0 aliphatic rings. The lowest BCUT2D eigenvalue weighted by atomic mass is 10.2. The Morgan fingerprint density at radius 3 is 2.50 bits per heavy atom. The van der Waals surface area contributed by atoms with Gasteiger partial charge >= 0.3 is 0 Å². The van der Waals surface area contributed by atoms with Crippen LogP contribution in [0.1, 0.15) is 33.9 Å². The molecule has 0 amide bonds. The SMILES string of the molecule is CCc1c(Cl)nc(C)nc1NCCc1sc(C)nc1C. The number of halogens is 1. The van der Waals surface area contributed by atoms with Crippen molar-refractivity contribution >= 4 is 28.8 Å². The molecular formula is C14H19ClN4S. The summed E-state index contributed by atoms with van der Waals surface area (Å²) in [4.78, 5) is 14.4. The Labute approximate surface area is 128 Å². The average molecular weight is 311 g/mol. The van der Waals surface area contributed by atoms with Gasteiger partial charge in [0.05, 0.1) is 10.7 Å². The normalized spacial score (nSPS) is 10.8. The Morgan fingerprint density at radius 1 is 1.15 bits per heavy atom. The van der Waals surface area contributed by atoms with E-state index in [2.05, 4.69) is 34.1 Å². The highest BCUT2D eigenvalue weighted by Crippen LogP contribution is 2.22. The third-order valence-electron chi connectivity index (χ3n) is 3.07. The smallest absolute Gasteiger partial charge is 0.138 e. The average Bonchev–Trinajstić information content (AvgIpc) is 2.67. The van der Waals surface area contributed by atoms with Gasteiger partial charge in [-0.05, 0) is 27.2 Å². The van der Waals surface area contributed by atoms with E-state index in [0.29, 0.717) is 11.0 Å². The van der Waals surface area contributed by atoms with Gasteiger partial charge in [-0.25, -0.2) is 15.0 Å². The highest BCUT2D eigenvalue weighted by atomic mass is 35.5. The van der Waals surface area contributed by atoms with E-state index in [1.165, 1.54) is 4.88 Å². The molecule has 1 N–H and O–H groups in total. The van der Waals surface area contributed by atoms with Crippen molar-refractivity contribution in [2.24, 2.45) is 0 Å². The minimum Gasteiger partial charge on any atom is -0.369 e. The summed E-state index contributed by atoms with van der Waals surface area (Å²) in [5, 5.41) is 5.04. The quantitative estimate of drug-likeness (QED) is 0.855. The minimum atomic E-state index is 0.548. The number of aryl methyl sites for hydroxylation is 3. The number of aromatic nitrogens is 3. The molecule has 2 aromatic rings. The molecule has 0 unspecified atom stereocenters. The van der Waals surface area contributed by atoms with Gasteiger partial charge in [-0.3, -0.25) is 0 Å². The van der Waals surface area contributed by atoms with Gasteiger partial charge in [-0.2, -0.15) is 0 Å². The van der Waals surface area contributed by atoms with Gasteiger partial charge in [0.1, 0.15) is 16.8 Å². The molecule has 2 aromatic heterocycles. The van der Waals surface area contributed by atoms with E-state index in [1.54, 1.807) is 11.3 Å². The first-order valence-electron chi connectivity index (χ1n) is 6.71. The third-order valence-corrected chi connectivity index (χ3v) is 4.51. The zero-order valence-electron chi connectivity index (χ0n) is 12.2. The molecule has 0 aliphatic heterocycles. The lowest BCUT2D eigenvalue weighted by Crippen LogP contribution is -2.10. The van der Waals surface area contributed by atoms with Crippen LogP contribution in [0, 0.1) is 20.8 Å². The van der Waals surface area contributed by atoms with Crippen molar-refractivity contribution in [3.05, 3.63) is 32.1 Å². The fraction of sp³-hybridized carbons (Fsp3) is 0.500. The Balaban J connectivity index is 2.06. The van der Waals surface area contributed by atoms with E-state index in [9.17, 15) is 0 Å². The topological polar surface area (TPSA) is 50.7 Å². The van der Waals surface area contributed by atoms with Gasteiger partial charge in [-0.15, -0.1) is 11.3 Å². The Morgan fingerprint density at radius 2 is 1.90 bits per heavy atom. The van der Waals surface area contributed by atoms with Crippen molar-refractivity contribution < 1.29 is 0 Å². The third kappa shape index (κ3) is 3.46. The maximum atomic E-state index is 6.16. The molecule has 2 rings (SSSR count). The summed E-state index contributed by atoms with van der Waals surface area (Å²) in [6.07, 6.45) is 1.77. The molecule has 4 nitrogen and oxygen atoms in total. The second kappa shape index (κ2) is 6.50. The van der Waals surface area contributed by atoms with Crippen LogP contribution in [0.3, 0.4) is 0 Å². The number of nitrogens with one attached hydrogen (secondary N) is 1. The monoisotopic (exact) mass is 310 g/mol. The summed E-state index contributed by atoms with van der Waals surface area (Å²) in [7, 11) is 0. The Bertz CT molecular complexity index is 609. The Hall–Kier alpha value is -1.20. The van der Waals surface area contributed by atoms with E-state index in [0.717, 1.165) is 41.5 Å². The molecule has 108 valence electrons. The molecule has 0 atom stereocenters. The van der Waals surface area contributed by atoms with Crippen LogP contribution in [-0.2, 0) is 12.8 Å². The fourth-order valence-electron chi connectivity index (χ4n) is 2.12. The summed E-state index contributed by atoms with van der Waals surface area (Å²) in [6, 6.07) is 0. The molecule has 0 aliphatic carbocycles. The molecule has 0 bridgehead atoms. The van der Waals surface area contributed by atoms with Crippen molar-refractivity contribution in [1.29, 1.82) is 0 Å². The standard InChI is InChI=1S/C14H19ClN4S/c1-5-11-13(15)18-9(3)19-14(11)16-7-6-12-8(2)17-10(4)20-12/h5-7H2,1-4H3,(H,16,18,19). The van der Waals surface area contributed by atoms with Crippen LogP contribution in [-0.4, -0.2) is 21.5 Å². The molecule has 0 spiro atoms. The number of nitrogens with zero attached hydrogens (tertiary/aromatic N) is 3. The van der Waals surface area contributed by atoms with Crippen molar-refractivity contribution in [1.82, 2.24) is 15.0 Å². The van der Waals surface area contributed by atoms with Crippen LogP contribution < -0.4 is 5.32 Å². The number of thiazole rings is 1. The van der Waals surface area contributed by atoms with E-state index in [1.807, 2.05) is 13.8 Å². The first-order valence-corrected chi connectivity index (χ1v) is 7.90. The molecule has 2 heterocycles. The van der Waals surface area contributed by atoms with Gasteiger partial charge in [0.2, 0.25) is 0 Å². The second-order valence-electron chi connectivity index (χ2n) is 4.66. The molecule has 6 heteroatoms. The van der Waals surface area contributed by atoms with Gasteiger partial charge in [-0.1, -0.05) is 18.5 Å². The van der Waals surface area contributed by atoms with E-state index < -0.39 is 0 Å². The first-order chi connectivity index (χ1) is 9.51.